The average Bonchev–Trinajstić information content (AvgIpc) is 2.28. The highest BCUT2D eigenvalue weighted by atomic mass is 15.1. The van der Waals surface area contributed by atoms with Gasteiger partial charge in [-0.2, -0.15) is 0 Å². The second-order valence-electron chi connectivity index (χ2n) is 4.08. The van der Waals surface area contributed by atoms with Gasteiger partial charge >= 0.3 is 0 Å². The molecule has 1 nitrogen and oxygen atoms in total. The number of likely N-dealkylation sites (N-methyl/N-ethyl adjacent to an activating group) is 1. The summed E-state index contributed by atoms with van der Waals surface area (Å²) in [6.07, 6.45) is 9.01. The summed E-state index contributed by atoms with van der Waals surface area (Å²) in [5, 5.41) is 0. The van der Waals surface area contributed by atoms with Crippen LogP contribution in [-0.4, -0.2) is 25.0 Å². The highest BCUT2D eigenvalue weighted by molar-refractivity contribution is 5.49. The van der Waals surface area contributed by atoms with Gasteiger partial charge in [-0.1, -0.05) is 54.6 Å². The van der Waals surface area contributed by atoms with Gasteiger partial charge in [0.1, 0.15) is 0 Å². The van der Waals surface area contributed by atoms with E-state index in [1.54, 1.807) is 0 Å². The first kappa shape index (κ1) is 10.2. The number of hydrogen-bond acceptors (Lipinski definition) is 1. The molecule has 0 spiro atoms. The van der Waals surface area contributed by atoms with Crippen LogP contribution in [0.5, 0.6) is 0 Å². The molecule has 0 N–H and O–H groups in total. The minimum atomic E-state index is 0.559. The molecule has 0 bridgehead atoms. The monoisotopic (exact) mass is 199 g/mol. The average molecular weight is 199 g/mol. The standard InChI is InChI=1S/C14H17N/c1-15-11-5-8-14(12-15)10-9-13-6-3-2-4-7-13/h2-10,14H,11-12H2,1H3/b10-9+. The van der Waals surface area contributed by atoms with Gasteiger partial charge in [0.2, 0.25) is 0 Å². The van der Waals surface area contributed by atoms with E-state index in [2.05, 4.69) is 60.5 Å². The predicted octanol–water partition coefficient (Wildman–Crippen LogP) is 2.82. The second kappa shape index (κ2) is 4.94. The minimum absolute atomic E-state index is 0.559. The molecule has 0 radical (unpaired) electrons. The van der Waals surface area contributed by atoms with Gasteiger partial charge < -0.3 is 4.90 Å². The topological polar surface area (TPSA) is 3.24 Å². The van der Waals surface area contributed by atoms with Crippen LogP contribution >= 0.6 is 0 Å². The van der Waals surface area contributed by atoms with Crippen molar-refractivity contribution in [3.05, 3.63) is 54.1 Å². The Balaban J connectivity index is 2.00. The SMILES string of the molecule is CN1CC=CC(/C=C/c2ccccc2)C1. The summed E-state index contributed by atoms with van der Waals surface area (Å²) in [6.45, 7) is 2.20. The molecule has 1 aliphatic rings. The van der Waals surface area contributed by atoms with Gasteiger partial charge in [0.15, 0.2) is 0 Å². The Morgan fingerprint density at radius 1 is 1.27 bits per heavy atom. The summed E-state index contributed by atoms with van der Waals surface area (Å²) in [4.78, 5) is 2.33. The molecular formula is C14H17N. The van der Waals surface area contributed by atoms with Crippen molar-refractivity contribution >= 4 is 6.08 Å². The smallest absolute Gasteiger partial charge is 0.0160 e. The fourth-order valence-corrected chi connectivity index (χ4v) is 1.83. The fraction of sp³-hybridized carbons (Fsp3) is 0.286. The van der Waals surface area contributed by atoms with Crippen molar-refractivity contribution in [3.63, 3.8) is 0 Å². The lowest BCUT2D eigenvalue weighted by Crippen LogP contribution is -2.27. The maximum absolute atomic E-state index is 2.33. The Bertz CT molecular complexity index is 351. The third kappa shape index (κ3) is 3.07. The Kier molecular flexibility index (Phi) is 3.36. The van der Waals surface area contributed by atoms with Gasteiger partial charge in [0, 0.05) is 19.0 Å². The van der Waals surface area contributed by atoms with Crippen LogP contribution in [0.4, 0.5) is 0 Å². The lowest BCUT2D eigenvalue weighted by atomic mass is 10.0. The molecule has 78 valence electrons. The molecule has 0 saturated heterocycles. The van der Waals surface area contributed by atoms with E-state index in [0.29, 0.717) is 5.92 Å². The zero-order valence-electron chi connectivity index (χ0n) is 9.13. The first-order valence-electron chi connectivity index (χ1n) is 5.43. The molecule has 1 atom stereocenters. The minimum Gasteiger partial charge on any atom is -0.302 e. The van der Waals surface area contributed by atoms with Gasteiger partial charge in [-0.05, 0) is 12.6 Å². The molecule has 15 heavy (non-hydrogen) atoms. The molecule has 1 aliphatic heterocycles. The predicted molar refractivity (Wildman–Crippen MR) is 65.6 cm³/mol. The van der Waals surface area contributed by atoms with Crippen LogP contribution in [0.2, 0.25) is 0 Å². The van der Waals surface area contributed by atoms with Crippen molar-refractivity contribution in [2.24, 2.45) is 5.92 Å². The molecule has 0 aromatic heterocycles. The number of benzene rings is 1. The van der Waals surface area contributed by atoms with Crippen LogP contribution in [0.15, 0.2) is 48.6 Å². The summed E-state index contributed by atoms with van der Waals surface area (Å²) in [6, 6.07) is 10.5. The van der Waals surface area contributed by atoms with E-state index in [-0.39, 0.29) is 0 Å². The van der Waals surface area contributed by atoms with E-state index in [1.807, 2.05) is 6.07 Å². The van der Waals surface area contributed by atoms with Crippen LogP contribution < -0.4 is 0 Å². The van der Waals surface area contributed by atoms with Gasteiger partial charge in [0.25, 0.3) is 0 Å². The van der Waals surface area contributed by atoms with Crippen LogP contribution in [0, 0.1) is 5.92 Å². The summed E-state index contributed by atoms with van der Waals surface area (Å²) < 4.78 is 0. The Labute approximate surface area is 91.7 Å². The number of hydrogen-bond donors (Lipinski definition) is 0. The lowest BCUT2D eigenvalue weighted by molar-refractivity contribution is 0.336. The van der Waals surface area contributed by atoms with Gasteiger partial charge in [-0.25, -0.2) is 0 Å². The summed E-state index contributed by atoms with van der Waals surface area (Å²) in [5.41, 5.74) is 1.28. The lowest BCUT2D eigenvalue weighted by Gasteiger charge is -2.22. The van der Waals surface area contributed by atoms with E-state index in [0.717, 1.165) is 13.1 Å². The third-order valence-electron chi connectivity index (χ3n) is 2.66. The van der Waals surface area contributed by atoms with Crippen LogP contribution in [-0.2, 0) is 0 Å². The van der Waals surface area contributed by atoms with E-state index >= 15 is 0 Å². The highest BCUT2D eigenvalue weighted by Crippen LogP contribution is 2.11. The maximum atomic E-state index is 2.33. The highest BCUT2D eigenvalue weighted by Gasteiger charge is 2.08. The molecule has 1 heterocycles. The van der Waals surface area contributed by atoms with Crippen molar-refractivity contribution < 1.29 is 0 Å². The summed E-state index contributed by atoms with van der Waals surface area (Å²) in [7, 11) is 2.16. The fourth-order valence-electron chi connectivity index (χ4n) is 1.83. The molecule has 0 fully saturated rings. The third-order valence-corrected chi connectivity index (χ3v) is 2.66. The first-order chi connectivity index (χ1) is 7.34. The molecule has 0 saturated carbocycles. The number of nitrogens with zero attached hydrogens (tertiary/aromatic N) is 1. The first-order valence-corrected chi connectivity index (χ1v) is 5.43. The Morgan fingerprint density at radius 3 is 2.80 bits per heavy atom. The summed E-state index contributed by atoms with van der Waals surface area (Å²) >= 11 is 0. The van der Waals surface area contributed by atoms with Crippen LogP contribution in [0.1, 0.15) is 5.56 Å². The molecular weight excluding hydrogens is 182 g/mol. The molecule has 0 aliphatic carbocycles. The van der Waals surface area contributed by atoms with Gasteiger partial charge in [0.05, 0.1) is 0 Å². The van der Waals surface area contributed by atoms with E-state index in [1.165, 1.54) is 5.56 Å². The maximum Gasteiger partial charge on any atom is 0.0160 e. The Morgan fingerprint density at radius 2 is 2.07 bits per heavy atom. The van der Waals surface area contributed by atoms with Crippen molar-refractivity contribution in [2.75, 3.05) is 20.1 Å². The van der Waals surface area contributed by atoms with Crippen molar-refractivity contribution in [2.45, 2.75) is 0 Å². The van der Waals surface area contributed by atoms with Crippen LogP contribution in [0.3, 0.4) is 0 Å². The zero-order chi connectivity index (χ0) is 10.5. The Hall–Kier alpha value is -1.34. The second-order valence-corrected chi connectivity index (χ2v) is 4.08. The van der Waals surface area contributed by atoms with Crippen LogP contribution in [0.25, 0.3) is 6.08 Å². The summed E-state index contributed by atoms with van der Waals surface area (Å²) in [5.74, 6) is 0.559. The number of rotatable bonds is 2. The molecule has 1 heteroatoms. The van der Waals surface area contributed by atoms with E-state index in [9.17, 15) is 0 Å². The quantitative estimate of drug-likeness (QED) is 0.662. The van der Waals surface area contributed by atoms with Gasteiger partial charge in [-0.15, -0.1) is 0 Å². The molecule has 0 amide bonds. The molecule has 1 aromatic carbocycles. The van der Waals surface area contributed by atoms with Crippen molar-refractivity contribution in [1.29, 1.82) is 0 Å². The van der Waals surface area contributed by atoms with Gasteiger partial charge in [-0.3, -0.25) is 0 Å². The molecule has 2 rings (SSSR count). The van der Waals surface area contributed by atoms with Crippen molar-refractivity contribution in [1.82, 2.24) is 4.90 Å². The van der Waals surface area contributed by atoms with Crippen molar-refractivity contribution in [3.8, 4) is 0 Å². The van der Waals surface area contributed by atoms with E-state index in [4.69, 9.17) is 0 Å². The largest absolute Gasteiger partial charge is 0.302 e. The normalized spacial score (nSPS) is 22.3. The molecule has 1 aromatic rings. The zero-order valence-corrected chi connectivity index (χ0v) is 9.13. The van der Waals surface area contributed by atoms with E-state index < -0.39 is 0 Å². The molecule has 1 unspecified atom stereocenters.